The van der Waals surface area contributed by atoms with Crippen LogP contribution in [0.3, 0.4) is 0 Å². The zero-order chi connectivity index (χ0) is 6.53. The molecule has 0 aromatic rings. The normalized spacial score (nSPS) is 28.3. The van der Waals surface area contributed by atoms with E-state index in [9.17, 15) is 5.11 Å². The summed E-state index contributed by atoms with van der Waals surface area (Å²) >= 11 is 0. The van der Waals surface area contributed by atoms with Gasteiger partial charge in [-0.05, 0) is 25.8 Å². The van der Waals surface area contributed by atoms with Crippen LogP contribution in [0.2, 0.25) is 0 Å². The first-order valence-corrected chi connectivity index (χ1v) is 3.75. The summed E-state index contributed by atoms with van der Waals surface area (Å²) in [7, 11) is 0. The molecule has 53 valence electrons. The third kappa shape index (κ3) is 2.33. The molecule has 0 spiro atoms. The van der Waals surface area contributed by atoms with E-state index in [0.29, 0.717) is 6.04 Å². The van der Waals surface area contributed by atoms with Gasteiger partial charge in [-0.2, -0.15) is 0 Å². The molecule has 2 nitrogen and oxygen atoms in total. The molecule has 1 unspecified atom stereocenters. The Labute approximate surface area is 56.3 Å². The summed E-state index contributed by atoms with van der Waals surface area (Å²) in [4.78, 5) is 0. The van der Waals surface area contributed by atoms with Crippen molar-refractivity contribution in [1.29, 1.82) is 0 Å². The Balaban J connectivity index is 2.08. The molecule has 0 aromatic carbocycles. The van der Waals surface area contributed by atoms with Gasteiger partial charge in [-0.25, -0.2) is 5.11 Å². The van der Waals surface area contributed by atoms with E-state index < -0.39 is 0 Å². The number of rotatable bonds is 2. The summed E-state index contributed by atoms with van der Waals surface area (Å²) in [5.41, 5.74) is 0. The topological polar surface area (TPSA) is 31.9 Å². The molecule has 2 heteroatoms. The summed E-state index contributed by atoms with van der Waals surface area (Å²) < 4.78 is 0. The molecule has 1 saturated heterocycles. The molecule has 9 heavy (non-hydrogen) atoms. The van der Waals surface area contributed by atoms with E-state index in [4.69, 9.17) is 0 Å². The van der Waals surface area contributed by atoms with Crippen LogP contribution < -0.4 is 5.32 Å². The van der Waals surface area contributed by atoms with Gasteiger partial charge in [-0.15, -0.1) is 0 Å². The lowest BCUT2D eigenvalue weighted by molar-refractivity contribution is 0.170. The van der Waals surface area contributed by atoms with Crippen molar-refractivity contribution in [2.45, 2.75) is 31.7 Å². The lowest BCUT2D eigenvalue weighted by atomic mass is 10.0. The highest BCUT2D eigenvalue weighted by Crippen LogP contribution is 2.08. The van der Waals surface area contributed by atoms with Gasteiger partial charge >= 0.3 is 0 Å². The molecule has 1 aliphatic rings. The van der Waals surface area contributed by atoms with Crippen LogP contribution >= 0.6 is 0 Å². The van der Waals surface area contributed by atoms with Crippen molar-refractivity contribution in [1.82, 2.24) is 5.32 Å². The standard InChI is InChI=1S/C7H14NO/c9-6-4-7-3-1-2-5-8-7/h7-8H,1-6H2. The number of hydrogen-bond donors (Lipinski definition) is 1. The fourth-order valence-corrected chi connectivity index (χ4v) is 1.31. The molecule has 1 aliphatic heterocycles. The second-order valence-corrected chi connectivity index (χ2v) is 2.64. The molecule has 0 amide bonds. The first-order valence-electron chi connectivity index (χ1n) is 3.75. The summed E-state index contributed by atoms with van der Waals surface area (Å²) in [6.07, 6.45) is 4.62. The summed E-state index contributed by atoms with van der Waals surface area (Å²) in [5, 5.41) is 13.5. The van der Waals surface area contributed by atoms with Crippen LogP contribution in [0, 0.1) is 0 Å². The molecular formula is C7H14NO. The van der Waals surface area contributed by atoms with Crippen LogP contribution in [0.4, 0.5) is 0 Å². The Morgan fingerprint density at radius 1 is 1.44 bits per heavy atom. The maximum absolute atomic E-state index is 10.2. The largest absolute Gasteiger partial charge is 0.314 e. The van der Waals surface area contributed by atoms with Gasteiger partial charge in [-0.3, -0.25) is 0 Å². The molecular weight excluding hydrogens is 114 g/mol. The van der Waals surface area contributed by atoms with E-state index in [1.54, 1.807) is 0 Å². The van der Waals surface area contributed by atoms with Crippen molar-refractivity contribution in [3.63, 3.8) is 0 Å². The maximum atomic E-state index is 10.2. The van der Waals surface area contributed by atoms with Crippen molar-refractivity contribution < 1.29 is 5.11 Å². The molecule has 1 fully saturated rings. The smallest absolute Gasteiger partial charge is 0.0837 e. The van der Waals surface area contributed by atoms with Gasteiger partial charge in [0, 0.05) is 6.04 Å². The van der Waals surface area contributed by atoms with Crippen LogP contribution in [-0.4, -0.2) is 19.2 Å². The van der Waals surface area contributed by atoms with Gasteiger partial charge in [0.15, 0.2) is 0 Å². The molecule has 1 atom stereocenters. The van der Waals surface area contributed by atoms with Gasteiger partial charge in [0.1, 0.15) is 0 Å². The van der Waals surface area contributed by atoms with E-state index in [2.05, 4.69) is 5.32 Å². The average Bonchev–Trinajstić information content (AvgIpc) is 1.91. The molecule has 1 radical (unpaired) electrons. The minimum absolute atomic E-state index is 0.0810. The van der Waals surface area contributed by atoms with Crippen LogP contribution in [0.5, 0.6) is 0 Å². The minimum Gasteiger partial charge on any atom is -0.314 e. The fraction of sp³-hybridized carbons (Fsp3) is 1.00. The zero-order valence-electron chi connectivity index (χ0n) is 5.73. The molecule has 0 bridgehead atoms. The summed E-state index contributed by atoms with van der Waals surface area (Å²) in [6.45, 7) is 1.20. The highest BCUT2D eigenvalue weighted by molar-refractivity contribution is 4.70. The molecule has 0 aromatic heterocycles. The van der Waals surface area contributed by atoms with E-state index in [0.717, 1.165) is 13.0 Å². The maximum Gasteiger partial charge on any atom is 0.0837 e. The van der Waals surface area contributed by atoms with Crippen molar-refractivity contribution in [2.24, 2.45) is 0 Å². The van der Waals surface area contributed by atoms with Crippen molar-refractivity contribution >= 4 is 0 Å². The second-order valence-electron chi connectivity index (χ2n) is 2.64. The Bertz CT molecular complexity index is 66.6. The molecule has 1 heterocycles. The number of nitrogens with one attached hydrogen (secondary N) is 1. The quantitative estimate of drug-likeness (QED) is 0.590. The van der Waals surface area contributed by atoms with Crippen molar-refractivity contribution in [2.75, 3.05) is 13.2 Å². The van der Waals surface area contributed by atoms with Gasteiger partial charge in [0.05, 0.1) is 6.61 Å². The first kappa shape index (κ1) is 7.03. The lowest BCUT2D eigenvalue weighted by Gasteiger charge is -2.21. The predicted molar refractivity (Wildman–Crippen MR) is 35.8 cm³/mol. The van der Waals surface area contributed by atoms with Crippen LogP contribution in [-0.2, 0) is 5.11 Å². The molecule has 0 saturated carbocycles. The van der Waals surface area contributed by atoms with E-state index in [1.165, 1.54) is 19.3 Å². The van der Waals surface area contributed by atoms with E-state index in [-0.39, 0.29) is 6.61 Å². The Hall–Kier alpha value is -0.0800. The van der Waals surface area contributed by atoms with Gasteiger partial charge in [0.25, 0.3) is 0 Å². The molecule has 1 rings (SSSR count). The van der Waals surface area contributed by atoms with Crippen molar-refractivity contribution in [3.8, 4) is 0 Å². The first-order chi connectivity index (χ1) is 4.43. The Morgan fingerprint density at radius 3 is 2.89 bits per heavy atom. The fourth-order valence-electron chi connectivity index (χ4n) is 1.31. The summed E-state index contributed by atoms with van der Waals surface area (Å²) in [6, 6.07) is 0.538. The Morgan fingerprint density at radius 2 is 2.33 bits per heavy atom. The van der Waals surface area contributed by atoms with Crippen molar-refractivity contribution in [3.05, 3.63) is 0 Å². The minimum atomic E-state index is 0.0810. The number of piperidine rings is 1. The van der Waals surface area contributed by atoms with Gasteiger partial charge < -0.3 is 5.32 Å². The molecule has 0 aliphatic carbocycles. The molecule has 1 N–H and O–H groups in total. The highest BCUT2D eigenvalue weighted by Gasteiger charge is 2.10. The zero-order valence-corrected chi connectivity index (χ0v) is 5.73. The number of hydrogen-bond acceptors (Lipinski definition) is 1. The van der Waals surface area contributed by atoms with E-state index >= 15 is 0 Å². The van der Waals surface area contributed by atoms with E-state index in [1.807, 2.05) is 0 Å². The third-order valence-electron chi connectivity index (χ3n) is 1.88. The van der Waals surface area contributed by atoms with Gasteiger partial charge in [0.2, 0.25) is 0 Å². The Kier molecular flexibility index (Phi) is 3.01. The summed E-state index contributed by atoms with van der Waals surface area (Å²) in [5.74, 6) is 0. The van der Waals surface area contributed by atoms with Crippen LogP contribution in [0.1, 0.15) is 25.7 Å². The second kappa shape index (κ2) is 3.85. The van der Waals surface area contributed by atoms with Gasteiger partial charge in [-0.1, -0.05) is 6.42 Å². The predicted octanol–water partition coefficient (Wildman–Crippen LogP) is 0.949. The highest BCUT2D eigenvalue weighted by atomic mass is 16.3. The monoisotopic (exact) mass is 128 g/mol. The van der Waals surface area contributed by atoms with Crippen LogP contribution in [0.15, 0.2) is 0 Å². The third-order valence-corrected chi connectivity index (χ3v) is 1.88. The lowest BCUT2D eigenvalue weighted by Crippen LogP contribution is -2.34. The van der Waals surface area contributed by atoms with Crippen LogP contribution in [0.25, 0.3) is 0 Å². The average molecular weight is 128 g/mol. The SMILES string of the molecule is [O]CCC1CCCCN1.